The number of nitrogens with one attached hydrogen (secondary N) is 1. The zero-order valence-corrected chi connectivity index (χ0v) is 21.9. The van der Waals surface area contributed by atoms with Crippen molar-refractivity contribution in [3.63, 3.8) is 0 Å². The molecule has 10 nitrogen and oxygen atoms in total. The molecule has 0 spiro atoms. The fraction of sp³-hybridized carbons (Fsp3) is 0.296. The van der Waals surface area contributed by atoms with E-state index in [1.165, 1.54) is 35.4 Å². The molecule has 1 atom stereocenters. The lowest BCUT2D eigenvalue weighted by molar-refractivity contribution is -0.140. The van der Waals surface area contributed by atoms with E-state index < -0.39 is 27.0 Å². The third-order valence-corrected chi connectivity index (χ3v) is 8.06. The van der Waals surface area contributed by atoms with E-state index in [1.807, 2.05) is 32.0 Å². The third-order valence-electron chi connectivity index (χ3n) is 6.19. The summed E-state index contributed by atoms with van der Waals surface area (Å²) < 4.78 is 37.6. The van der Waals surface area contributed by atoms with Crippen LogP contribution in [-0.2, 0) is 19.4 Å². The molecule has 200 valence electrons. The van der Waals surface area contributed by atoms with Crippen molar-refractivity contribution < 1.29 is 32.0 Å². The molecule has 3 amide bonds. The predicted octanol–water partition coefficient (Wildman–Crippen LogP) is 2.18. The number of aryl methyl sites for hydroxylation is 2. The van der Waals surface area contributed by atoms with Gasteiger partial charge in [-0.25, -0.2) is 8.42 Å². The lowest BCUT2D eigenvalue weighted by atomic mass is 10.2. The minimum Gasteiger partial charge on any atom is -0.484 e. The van der Waals surface area contributed by atoms with Crippen molar-refractivity contribution in [3.8, 4) is 5.75 Å². The van der Waals surface area contributed by atoms with Gasteiger partial charge in [-0.2, -0.15) is 0 Å². The summed E-state index contributed by atoms with van der Waals surface area (Å²) in [5.74, 6) is -1.39. The average Bonchev–Trinajstić information content (AvgIpc) is 3.45. The molecule has 1 aliphatic heterocycles. The maximum atomic E-state index is 13.5. The first kappa shape index (κ1) is 26.9. The number of nitrogens with zero attached hydrogens (tertiary/aromatic N) is 2. The van der Waals surface area contributed by atoms with Crippen molar-refractivity contribution in [1.29, 1.82) is 0 Å². The van der Waals surface area contributed by atoms with Crippen LogP contribution in [0.25, 0.3) is 0 Å². The summed E-state index contributed by atoms with van der Waals surface area (Å²) in [5, 5.41) is 0.468. The van der Waals surface area contributed by atoms with Crippen LogP contribution in [0.5, 0.6) is 5.75 Å². The summed E-state index contributed by atoms with van der Waals surface area (Å²) in [7, 11) is -4.29. The summed E-state index contributed by atoms with van der Waals surface area (Å²) in [4.78, 5) is 41.6. The van der Waals surface area contributed by atoms with Gasteiger partial charge < -0.3 is 24.3 Å². The molecule has 0 radical (unpaired) electrons. The molecule has 0 aliphatic carbocycles. The number of hydrogen-bond donors (Lipinski definition) is 1. The first-order chi connectivity index (χ1) is 18.1. The molecule has 1 saturated heterocycles. The molecular formula is C27H29N3O7S. The summed E-state index contributed by atoms with van der Waals surface area (Å²) in [5.41, 5.74) is 1.86. The Morgan fingerprint density at radius 3 is 2.24 bits per heavy atom. The van der Waals surface area contributed by atoms with Crippen molar-refractivity contribution >= 4 is 27.6 Å². The number of benzene rings is 2. The highest BCUT2D eigenvalue weighted by Gasteiger charge is 2.40. The van der Waals surface area contributed by atoms with Crippen LogP contribution in [-0.4, -0.2) is 74.1 Å². The number of sulfone groups is 1. The number of rotatable bonds is 8. The van der Waals surface area contributed by atoms with Gasteiger partial charge in [0.1, 0.15) is 5.75 Å². The number of furan rings is 1. The SMILES string of the molecule is Cc1ccc(S(=O)(=O)C(NC(=O)c2ccco2)C(=O)N2CCN(C(=O)COc3cccc(C)c3)CC2)cc1. The maximum Gasteiger partial charge on any atom is 0.288 e. The summed E-state index contributed by atoms with van der Waals surface area (Å²) >= 11 is 0. The van der Waals surface area contributed by atoms with Crippen LogP contribution < -0.4 is 10.1 Å². The highest BCUT2D eigenvalue weighted by molar-refractivity contribution is 7.92. The number of hydrogen-bond acceptors (Lipinski definition) is 7. The second-order valence-corrected chi connectivity index (χ2v) is 11.0. The van der Waals surface area contributed by atoms with Crippen molar-refractivity contribution in [1.82, 2.24) is 15.1 Å². The number of amides is 3. The first-order valence-corrected chi connectivity index (χ1v) is 13.6. The quantitative estimate of drug-likeness (QED) is 0.465. The normalized spacial score (nSPS) is 14.6. The van der Waals surface area contributed by atoms with Crippen LogP contribution in [0.15, 0.2) is 76.2 Å². The van der Waals surface area contributed by atoms with Crippen molar-refractivity contribution in [2.45, 2.75) is 24.1 Å². The Hall–Kier alpha value is -4.12. The van der Waals surface area contributed by atoms with E-state index in [9.17, 15) is 22.8 Å². The first-order valence-electron chi connectivity index (χ1n) is 12.1. The zero-order chi connectivity index (χ0) is 27.3. The van der Waals surface area contributed by atoms with E-state index in [-0.39, 0.29) is 49.3 Å². The van der Waals surface area contributed by atoms with Crippen LogP contribution in [0.4, 0.5) is 0 Å². The Labute approximate surface area is 221 Å². The van der Waals surface area contributed by atoms with Crippen molar-refractivity contribution in [3.05, 3.63) is 83.8 Å². The van der Waals surface area contributed by atoms with Gasteiger partial charge in [0.25, 0.3) is 17.7 Å². The van der Waals surface area contributed by atoms with Gasteiger partial charge in [-0.3, -0.25) is 14.4 Å². The fourth-order valence-corrected chi connectivity index (χ4v) is 5.48. The Balaban J connectivity index is 1.44. The second kappa shape index (κ2) is 11.5. The molecule has 11 heteroatoms. The van der Waals surface area contributed by atoms with Crippen LogP contribution in [0, 0.1) is 13.8 Å². The molecule has 4 rings (SSSR count). The molecule has 2 aromatic carbocycles. The number of carbonyl (C=O) groups is 3. The predicted molar refractivity (Wildman–Crippen MR) is 138 cm³/mol. The number of piperazine rings is 1. The Morgan fingerprint density at radius 1 is 0.921 bits per heavy atom. The van der Waals surface area contributed by atoms with E-state index in [0.29, 0.717) is 5.75 Å². The van der Waals surface area contributed by atoms with Crippen molar-refractivity contribution in [2.75, 3.05) is 32.8 Å². The number of ether oxygens (including phenoxy) is 1. The van der Waals surface area contributed by atoms with E-state index in [0.717, 1.165) is 11.1 Å². The van der Waals surface area contributed by atoms with Crippen molar-refractivity contribution in [2.24, 2.45) is 0 Å². The van der Waals surface area contributed by atoms with Gasteiger partial charge in [0.2, 0.25) is 15.2 Å². The van der Waals surface area contributed by atoms with Gasteiger partial charge in [-0.15, -0.1) is 0 Å². The highest BCUT2D eigenvalue weighted by Crippen LogP contribution is 2.19. The van der Waals surface area contributed by atoms with E-state index >= 15 is 0 Å². The molecule has 0 saturated carbocycles. The molecule has 1 unspecified atom stereocenters. The largest absolute Gasteiger partial charge is 0.484 e. The third kappa shape index (κ3) is 6.23. The lowest BCUT2D eigenvalue weighted by Gasteiger charge is -2.36. The standard InChI is InChI=1S/C27H29N3O7S/c1-19-8-10-22(11-9-19)38(34,35)26(28-25(32)23-7-4-16-36-23)27(33)30-14-12-29(13-15-30)24(31)18-37-21-6-3-5-20(2)17-21/h3-11,16-17,26H,12-15,18H2,1-2H3,(H,28,32). The molecule has 1 fully saturated rings. The zero-order valence-electron chi connectivity index (χ0n) is 21.1. The second-order valence-electron chi connectivity index (χ2n) is 9.00. The Morgan fingerprint density at radius 2 is 1.61 bits per heavy atom. The topological polar surface area (TPSA) is 126 Å². The monoisotopic (exact) mass is 539 g/mol. The molecule has 1 aromatic heterocycles. The molecule has 2 heterocycles. The van der Waals surface area contributed by atoms with Gasteiger partial charge in [-0.1, -0.05) is 29.8 Å². The van der Waals surface area contributed by atoms with Gasteiger partial charge in [-0.05, 0) is 55.8 Å². The lowest BCUT2D eigenvalue weighted by Crippen LogP contribution is -2.58. The van der Waals surface area contributed by atoms with E-state index in [2.05, 4.69) is 5.32 Å². The van der Waals surface area contributed by atoms with Crippen LogP contribution in [0.2, 0.25) is 0 Å². The molecule has 0 bridgehead atoms. The van der Waals surface area contributed by atoms with Gasteiger partial charge in [0, 0.05) is 26.2 Å². The molecule has 1 aliphatic rings. The smallest absolute Gasteiger partial charge is 0.288 e. The minimum absolute atomic E-state index is 0.0942. The Bertz CT molecular complexity index is 1390. The number of carbonyl (C=O) groups excluding carboxylic acids is 3. The molecule has 38 heavy (non-hydrogen) atoms. The van der Waals surface area contributed by atoms with Crippen LogP contribution in [0.3, 0.4) is 0 Å². The molecule has 1 N–H and O–H groups in total. The van der Waals surface area contributed by atoms with E-state index in [4.69, 9.17) is 9.15 Å². The maximum absolute atomic E-state index is 13.5. The summed E-state index contributed by atoms with van der Waals surface area (Å²) in [6.45, 7) is 4.19. The van der Waals surface area contributed by atoms with E-state index in [1.54, 1.807) is 23.1 Å². The van der Waals surface area contributed by atoms with Crippen LogP contribution >= 0.6 is 0 Å². The van der Waals surface area contributed by atoms with Crippen LogP contribution in [0.1, 0.15) is 21.7 Å². The Kier molecular flexibility index (Phi) is 8.16. The van der Waals surface area contributed by atoms with Gasteiger partial charge in [0.15, 0.2) is 12.4 Å². The molecular weight excluding hydrogens is 510 g/mol. The van der Waals surface area contributed by atoms with Gasteiger partial charge >= 0.3 is 0 Å². The highest BCUT2D eigenvalue weighted by atomic mass is 32.2. The summed E-state index contributed by atoms with van der Waals surface area (Å²) in [6, 6.07) is 16.2. The average molecular weight is 540 g/mol. The van der Waals surface area contributed by atoms with Gasteiger partial charge in [0.05, 0.1) is 11.2 Å². The molecule has 3 aromatic rings. The summed E-state index contributed by atoms with van der Waals surface area (Å²) in [6.07, 6.45) is 1.28. The minimum atomic E-state index is -4.29. The fourth-order valence-electron chi connectivity index (χ4n) is 4.02.